The second kappa shape index (κ2) is 5.53. The van der Waals surface area contributed by atoms with E-state index in [9.17, 15) is 0 Å². The molecule has 0 spiro atoms. The fraction of sp³-hybridized carbons (Fsp3) is 0.357. The molecule has 2 aromatic rings. The average molecular weight is 229 g/mol. The second-order valence-electron chi connectivity index (χ2n) is 4.26. The molecule has 0 saturated carbocycles. The number of hydrogen-bond acceptors (Lipinski definition) is 2. The molecule has 1 aromatic heterocycles. The summed E-state index contributed by atoms with van der Waals surface area (Å²) >= 11 is 0. The molecule has 2 rings (SSSR count). The van der Waals surface area contributed by atoms with Crippen LogP contribution in [0, 0.1) is 0 Å². The Bertz CT molecular complexity index is 460. The van der Waals surface area contributed by atoms with Gasteiger partial charge < -0.3 is 5.73 Å². The van der Waals surface area contributed by atoms with Crippen molar-refractivity contribution in [3.63, 3.8) is 0 Å². The summed E-state index contributed by atoms with van der Waals surface area (Å²) in [6.45, 7) is 2.21. The van der Waals surface area contributed by atoms with Gasteiger partial charge in [0.15, 0.2) is 0 Å². The summed E-state index contributed by atoms with van der Waals surface area (Å²) in [5.41, 5.74) is 8.08. The van der Waals surface area contributed by atoms with Gasteiger partial charge in [0.05, 0.1) is 11.4 Å². The van der Waals surface area contributed by atoms with Crippen LogP contribution in [0.1, 0.15) is 31.9 Å². The maximum absolute atomic E-state index is 5.98. The van der Waals surface area contributed by atoms with E-state index >= 15 is 0 Å². The van der Waals surface area contributed by atoms with Crippen molar-refractivity contribution in [1.82, 2.24) is 9.78 Å². The van der Waals surface area contributed by atoms with E-state index in [-0.39, 0.29) is 0 Å². The van der Waals surface area contributed by atoms with Crippen molar-refractivity contribution in [3.05, 3.63) is 42.1 Å². The van der Waals surface area contributed by atoms with Crippen LogP contribution in [0.2, 0.25) is 0 Å². The van der Waals surface area contributed by atoms with Gasteiger partial charge in [-0.25, -0.2) is 4.68 Å². The number of benzene rings is 1. The van der Waals surface area contributed by atoms with E-state index in [1.165, 1.54) is 19.3 Å². The van der Waals surface area contributed by atoms with Crippen LogP contribution in [-0.4, -0.2) is 9.78 Å². The summed E-state index contributed by atoms with van der Waals surface area (Å²) in [7, 11) is 0. The van der Waals surface area contributed by atoms with Gasteiger partial charge >= 0.3 is 0 Å². The number of anilines is 1. The highest BCUT2D eigenvalue weighted by Gasteiger charge is 2.05. The van der Waals surface area contributed by atoms with Gasteiger partial charge in [0.25, 0.3) is 0 Å². The van der Waals surface area contributed by atoms with Crippen molar-refractivity contribution in [2.45, 2.75) is 32.6 Å². The molecule has 1 aromatic carbocycles. The predicted octanol–water partition coefficient (Wildman–Crippen LogP) is 3.19. The van der Waals surface area contributed by atoms with Crippen molar-refractivity contribution in [2.75, 3.05) is 5.73 Å². The Morgan fingerprint density at radius 1 is 1.18 bits per heavy atom. The van der Waals surface area contributed by atoms with Crippen molar-refractivity contribution in [3.8, 4) is 5.69 Å². The number of rotatable bonds is 5. The molecule has 0 bridgehead atoms. The van der Waals surface area contributed by atoms with Crippen LogP contribution in [0.15, 0.2) is 36.4 Å². The van der Waals surface area contributed by atoms with Gasteiger partial charge in [-0.05, 0) is 25.0 Å². The molecular formula is C14H19N3. The quantitative estimate of drug-likeness (QED) is 0.800. The molecule has 0 unspecified atom stereocenters. The first-order valence-electron chi connectivity index (χ1n) is 6.21. The van der Waals surface area contributed by atoms with Crippen molar-refractivity contribution >= 4 is 5.82 Å². The van der Waals surface area contributed by atoms with Crippen LogP contribution in [0.5, 0.6) is 0 Å². The van der Waals surface area contributed by atoms with Gasteiger partial charge in [-0.2, -0.15) is 5.10 Å². The summed E-state index contributed by atoms with van der Waals surface area (Å²) in [4.78, 5) is 0. The molecule has 0 amide bonds. The molecule has 3 heteroatoms. The van der Waals surface area contributed by atoms with Gasteiger partial charge in [0.1, 0.15) is 5.82 Å². The van der Waals surface area contributed by atoms with E-state index in [0.717, 1.165) is 17.8 Å². The summed E-state index contributed by atoms with van der Waals surface area (Å²) in [6, 6.07) is 12.0. The van der Waals surface area contributed by atoms with E-state index < -0.39 is 0 Å². The highest BCUT2D eigenvalue weighted by Crippen LogP contribution is 2.15. The molecule has 2 N–H and O–H groups in total. The van der Waals surface area contributed by atoms with Crippen LogP contribution in [0.4, 0.5) is 5.82 Å². The molecule has 0 fully saturated rings. The molecule has 0 aliphatic rings. The number of para-hydroxylation sites is 1. The van der Waals surface area contributed by atoms with Crippen LogP contribution < -0.4 is 5.73 Å². The summed E-state index contributed by atoms with van der Waals surface area (Å²) in [5.74, 6) is 0.711. The number of aromatic nitrogens is 2. The maximum Gasteiger partial charge on any atom is 0.127 e. The first-order chi connectivity index (χ1) is 8.31. The third-order valence-electron chi connectivity index (χ3n) is 2.82. The lowest BCUT2D eigenvalue weighted by Gasteiger charge is -2.02. The first-order valence-corrected chi connectivity index (χ1v) is 6.21. The topological polar surface area (TPSA) is 43.8 Å². The van der Waals surface area contributed by atoms with E-state index in [1.807, 2.05) is 36.4 Å². The SMILES string of the molecule is CCCCCc1cc(N)n(-c2ccccc2)n1. The Kier molecular flexibility index (Phi) is 3.81. The van der Waals surface area contributed by atoms with Gasteiger partial charge in [0, 0.05) is 6.07 Å². The zero-order valence-corrected chi connectivity index (χ0v) is 10.3. The van der Waals surface area contributed by atoms with Gasteiger partial charge in [0.2, 0.25) is 0 Å². The highest BCUT2D eigenvalue weighted by atomic mass is 15.3. The van der Waals surface area contributed by atoms with Crippen molar-refractivity contribution in [1.29, 1.82) is 0 Å². The molecule has 0 atom stereocenters. The Morgan fingerprint density at radius 3 is 2.65 bits per heavy atom. The van der Waals surface area contributed by atoms with E-state index in [4.69, 9.17) is 5.73 Å². The number of unbranched alkanes of at least 4 members (excludes halogenated alkanes) is 2. The largest absolute Gasteiger partial charge is 0.384 e. The Labute approximate surface area is 102 Å². The minimum Gasteiger partial charge on any atom is -0.384 e. The normalized spacial score (nSPS) is 10.6. The zero-order valence-electron chi connectivity index (χ0n) is 10.3. The molecule has 1 heterocycles. The lowest BCUT2D eigenvalue weighted by Crippen LogP contribution is -2.01. The van der Waals surface area contributed by atoms with E-state index in [0.29, 0.717) is 5.82 Å². The van der Waals surface area contributed by atoms with Crippen LogP contribution in [-0.2, 0) is 6.42 Å². The van der Waals surface area contributed by atoms with Gasteiger partial charge in [-0.3, -0.25) is 0 Å². The third-order valence-corrected chi connectivity index (χ3v) is 2.82. The molecule has 3 nitrogen and oxygen atoms in total. The molecule has 0 aliphatic carbocycles. The molecule has 0 saturated heterocycles. The number of hydrogen-bond donors (Lipinski definition) is 1. The van der Waals surface area contributed by atoms with Crippen LogP contribution in [0.3, 0.4) is 0 Å². The second-order valence-corrected chi connectivity index (χ2v) is 4.26. The monoisotopic (exact) mass is 229 g/mol. The fourth-order valence-electron chi connectivity index (χ4n) is 1.90. The lowest BCUT2D eigenvalue weighted by atomic mass is 10.2. The predicted molar refractivity (Wildman–Crippen MR) is 71.2 cm³/mol. The van der Waals surface area contributed by atoms with E-state index in [1.54, 1.807) is 4.68 Å². The van der Waals surface area contributed by atoms with Crippen molar-refractivity contribution < 1.29 is 0 Å². The molecule has 90 valence electrons. The minimum atomic E-state index is 0.711. The third kappa shape index (κ3) is 2.87. The Balaban J connectivity index is 2.14. The fourth-order valence-corrected chi connectivity index (χ4v) is 1.90. The molecule has 17 heavy (non-hydrogen) atoms. The average Bonchev–Trinajstić information content (AvgIpc) is 2.72. The summed E-state index contributed by atoms with van der Waals surface area (Å²) < 4.78 is 1.81. The maximum atomic E-state index is 5.98. The Hall–Kier alpha value is -1.77. The van der Waals surface area contributed by atoms with Gasteiger partial charge in [-0.15, -0.1) is 0 Å². The Morgan fingerprint density at radius 2 is 1.94 bits per heavy atom. The number of aryl methyl sites for hydroxylation is 1. The standard InChI is InChI=1S/C14H19N3/c1-2-3-5-8-12-11-14(15)17(16-12)13-9-6-4-7-10-13/h4,6-7,9-11H,2-3,5,8,15H2,1H3. The van der Waals surface area contributed by atoms with Crippen molar-refractivity contribution in [2.24, 2.45) is 0 Å². The lowest BCUT2D eigenvalue weighted by molar-refractivity contribution is 0.698. The molecule has 0 radical (unpaired) electrons. The van der Waals surface area contributed by atoms with E-state index in [2.05, 4.69) is 12.0 Å². The van der Waals surface area contributed by atoms with Crippen LogP contribution >= 0.6 is 0 Å². The smallest absolute Gasteiger partial charge is 0.127 e. The number of nitrogen functional groups attached to an aromatic ring is 1. The number of nitrogens with zero attached hydrogens (tertiary/aromatic N) is 2. The highest BCUT2D eigenvalue weighted by molar-refractivity contribution is 5.42. The number of nitrogens with two attached hydrogens (primary N) is 1. The molecular weight excluding hydrogens is 210 g/mol. The summed E-state index contributed by atoms with van der Waals surface area (Å²) in [6.07, 6.45) is 4.67. The zero-order chi connectivity index (χ0) is 12.1. The van der Waals surface area contributed by atoms with Gasteiger partial charge in [-0.1, -0.05) is 38.0 Å². The summed E-state index contributed by atoms with van der Waals surface area (Å²) in [5, 5.41) is 4.54. The molecule has 0 aliphatic heterocycles. The first kappa shape index (κ1) is 11.7. The minimum absolute atomic E-state index is 0.711. The van der Waals surface area contributed by atoms with Crippen LogP contribution in [0.25, 0.3) is 5.69 Å².